The minimum atomic E-state index is -3.55. The van der Waals surface area contributed by atoms with Gasteiger partial charge in [-0.1, -0.05) is 0 Å². The van der Waals surface area contributed by atoms with E-state index < -0.39 is 10.0 Å². The Bertz CT molecular complexity index is 636. The third-order valence-corrected chi connectivity index (χ3v) is 4.38. The van der Waals surface area contributed by atoms with Crippen LogP contribution in [0.2, 0.25) is 0 Å². The van der Waals surface area contributed by atoms with Crippen LogP contribution in [0.25, 0.3) is 0 Å². The fraction of sp³-hybridized carbons (Fsp3) is 0.231. The lowest BCUT2D eigenvalue weighted by molar-refractivity contribution is 0.479. The van der Waals surface area contributed by atoms with E-state index in [-0.39, 0.29) is 10.9 Å². The van der Waals surface area contributed by atoms with Crippen molar-refractivity contribution in [1.29, 1.82) is 0 Å². The molecule has 0 saturated carbocycles. The van der Waals surface area contributed by atoms with E-state index in [4.69, 9.17) is 10.3 Å². The largest absolute Gasteiger partial charge is 0.469 e. The van der Waals surface area contributed by atoms with Crippen molar-refractivity contribution >= 4 is 15.7 Å². The van der Waals surface area contributed by atoms with E-state index in [2.05, 4.69) is 10.1 Å². The molecule has 1 aromatic heterocycles. The zero-order valence-corrected chi connectivity index (χ0v) is 11.9. The predicted octanol–water partition coefficient (Wildman–Crippen LogP) is 1.47. The van der Waals surface area contributed by atoms with Gasteiger partial charge in [-0.05, 0) is 43.3 Å². The highest BCUT2D eigenvalue weighted by atomic mass is 32.2. The molecule has 0 amide bonds. The number of nitrogen functional groups attached to an aromatic ring is 1. The maximum absolute atomic E-state index is 12.2. The van der Waals surface area contributed by atoms with E-state index in [0.29, 0.717) is 12.1 Å². The molecule has 0 saturated heterocycles. The average molecular weight is 295 g/mol. The molecule has 1 heterocycles. The van der Waals surface area contributed by atoms with Gasteiger partial charge >= 0.3 is 0 Å². The topological polar surface area (TPSA) is 97.4 Å². The SMILES string of the molecule is CC(Cc1ccco1)NS(=O)(=O)c1ccc(NN)cc1. The Morgan fingerprint density at radius 3 is 2.50 bits per heavy atom. The number of anilines is 1. The Labute approximate surface area is 118 Å². The van der Waals surface area contributed by atoms with Crippen LogP contribution in [-0.2, 0) is 16.4 Å². The molecular formula is C13H17N3O3S. The third-order valence-electron chi connectivity index (χ3n) is 2.78. The quantitative estimate of drug-likeness (QED) is 0.554. The van der Waals surface area contributed by atoms with E-state index in [9.17, 15) is 8.42 Å². The predicted molar refractivity (Wildman–Crippen MR) is 76.4 cm³/mol. The Hall–Kier alpha value is -1.83. The number of rotatable bonds is 6. The first kappa shape index (κ1) is 14.6. The van der Waals surface area contributed by atoms with Crippen LogP contribution >= 0.6 is 0 Å². The van der Waals surface area contributed by atoms with Gasteiger partial charge in [-0.25, -0.2) is 13.1 Å². The number of sulfonamides is 1. The number of furan rings is 1. The van der Waals surface area contributed by atoms with Gasteiger partial charge in [-0.3, -0.25) is 5.84 Å². The summed E-state index contributed by atoms with van der Waals surface area (Å²) in [5, 5.41) is 0. The van der Waals surface area contributed by atoms with Gasteiger partial charge < -0.3 is 9.84 Å². The lowest BCUT2D eigenvalue weighted by Crippen LogP contribution is -2.34. The van der Waals surface area contributed by atoms with Crippen molar-refractivity contribution in [3.8, 4) is 0 Å². The first-order chi connectivity index (χ1) is 9.51. The molecule has 0 aliphatic carbocycles. The zero-order valence-electron chi connectivity index (χ0n) is 11.0. The molecule has 1 atom stereocenters. The molecule has 0 aliphatic rings. The summed E-state index contributed by atoms with van der Waals surface area (Å²) in [5.41, 5.74) is 3.09. The van der Waals surface area contributed by atoms with Crippen LogP contribution in [0.1, 0.15) is 12.7 Å². The summed E-state index contributed by atoms with van der Waals surface area (Å²) in [7, 11) is -3.55. The Morgan fingerprint density at radius 2 is 1.95 bits per heavy atom. The van der Waals surface area contributed by atoms with E-state index >= 15 is 0 Å². The van der Waals surface area contributed by atoms with Gasteiger partial charge in [-0.15, -0.1) is 0 Å². The van der Waals surface area contributed by atoms with Crippen molar-refractivity contribution in [1.82, 2.24) is 4.72 Å². The summed E-state index contributed by atoms with van der Waals surface area (Å²) in [6, 6.07) is 9.52. The maximum Gasteiger partial charge on any atom is 0.240 e. The molecular weight excluding hydrogens is 278 g/mol. The number of hydrogen-bond acceptors (Lipinski definition) is 5. The van der Waals surface area contributed by atoms with Crippen LogP contribution in [0.4, 0.5) is 5.69 Å². The smallest absolute Gasteiger partial charge is 0.240 e. The molecule has 1 aromatic carbocycles. The highest BCUT2D eigenvalue weighted by molar-refractivity contribution is 7.89. The van der Waals surface area contributed by atoms with Gasteiger partial charge in [0.05, 0.1) is 11.2 Å². The van der Waals surface area contributed by atoms with Gasteiger partial charge in [0.2, 0.25) is 10.0 Å². The van der Waals surface area contributed by atoms with Crippen LogP contribution in [0.15, 0.2) is 52.0 Å². The van der Waals surface area contributed by atoms with E-state index in [1.54, 1.807) is 31.4 Å². The molecule has 108 valence electrons. The third kappa shape index (κ3) is 3.60. The summed E-state index contributed by atoms with van der Waals surface area (Å²) in [6.45, 7) is 1.79. The molecule has 2 aromatic rings. The van der Waals surface area contributed by atoms with Crippen LogP contribution in [0, 0.1) is 0 Å². The Morgan fingerprint density at radius 1 is 1.25 bits per heavy atom. The highest BCUT2D eigenvalue weighted by Gasteiger charge is 2.18. The molecule has 7 heteroatoms. The molecule has 1 unspecified atom stereocenters. The van der Waals surface area contributed by atoms with Crippen molar-refractivity contribution in [2.45, 2.75) is 24.3 Å². The minimum absolute atomic E-state index is 0.197. The van der Waals surface area contributed by atoms with Crippen molar-refractivity contribution < 1.29 is 12.8 Å². The summed E-state index contributed by atoms with van der Waals surface area (Å²) in [6.07, 6.45) is 2.06. The van der Waals surface area contributed by atoms with Crippen molar-refractivity contribution in [3.63, 3.8) is 0 Å². The first-order valence-corrected chi connectivity index (χ1v) is 7.61. The monoisotopic (exact) mass is 295 g/mol. The second kappa shape index (κ2) is 6.08. The number of hydrazine groups is 1. The van der Waals surface area contributed by atoms with Crippen molar-refractivity contribution in [2.24, 2.45) is 5.84 Å². The Kier molecular flexibility index (Phi) is 4.43. The molecule has 0 aliphatic heterocycles. The average Bonchev–Trinajstić information content (AvgIpc) is 2.91. The highest BCUT2D eigenvalue weighted by Crippen LogP contribution is 2.14. The normalized spacial score (nSPS) is 13.1. The van der Waals surface area contributed by atoms with E-state index in [1.165, 1.54) is 12.1 Å². The van der Waals surface area contributed by atoms with Gasteiger partial charge in [0.25, 0.3) is 0 Å². The molecule has 4 N–H and O–H groups in total. The van der Waals surface area contributed by atoms with Crippen molar-refractivity contribution in [3.05, 3.63) is 48.4 Å². The molecule has 0 spiro atoms. The van der Waals surface area contributed by atoms with Gasteiger partial charge in [0, 0.05) is 18.2 Å². The van der Waals surface area contributed by atoms with Crippen molar-refractivity contribution in [2.75, 3.05) is 5.43 Å². The molecule has 6 nitrogen and oxygen atoms in total. The first-order valence-electron chi connectivity index (χ1n) is 6.12. The van der Waals surface area contributed by atoms with Crippen LogP contribution in [0.3, 0.4) is 0 Å². The zero-order chi connectivity index (χ0) is 14.6. The number of hydrogen-bond donors (Lipinski definition) is 3. The lowest BCUT2D eigenvalue weighted by Gasteiger charge is -2.13. The fourth-order valence-corrected chi connectivity index (χ4v) is 3.08. The fourth-order valence-electron chi connectivity index (χ4n) is 1.84. The summed E-state index contributed by atoms with van der Waals surface area (Å²) >= 11 is 0. The standard InChI is InChI=1S/C13H17N3O3S/c1-10(9-12-3-2-8-19-12)16-20(17,18)13-6-4-11(15-14)5-7-13/h2-8,10,15-16H,9,14H2,1H3. The minimum Gasteiger partial charge on any atom is -0.469 e. The number of nitrogens with two attached hydrogens (primary N) is 1. The lowest BCUT2D eigenvalue weighted by atomic mass is 10.2. The van der Waals surface area contributed by atoms with E-state index in [0.717, 1.165) is 5.76 Å². The van der Waals surface area contributed by atoms with Crippen LogP contribution in [0.5, 0.6) is 0 Å². The van der Waals surface area contributed by atoms with Crippen LogP contribution in [-0.4, -0.2) is 14.5 Å². The molecule has 0 radical (unpaired) electrons. The van der Waals surface area contributed by atoms with Gasteiger partial charge in [0.1, 0.15) is 5.76 Å². The number of benzene rings is 1. The molecule has 0 bridgehead atoms. The maximum atomic E-state index is 12.2. The molecule has 2 rings (SSSR count). The summed E-state index contributed by atoms with van der Waals surface area (Å²) in [5.74, 6) is 5.98. The summed E-state index contributed by atoms with van der Waals surface area (Å²) in [4.78, 5) is 0.197. The van der Waals surface area contributed by atoms with Crippen LogP contribution < -0.4 is 16.0 Å². The molecule has 20 heavy (non-hydrogen) atoms. The van der Waals surface area contributed by atoms with Gasteiger partial charge in [-0.2, -0.15) is 0 Å². The van der Waals surface area contributed by atoms with E-state index in [1.807, 2.05) is 6.07 Å². The summed E-state index contributed by atoms with van der Waals surface area (Å²) < 4.78 is 32.2. The second-order valence-electron chi connectivity index (χ2n) is 4.47. The second-order valence-corrected chi connectivity index (χ2v) is 6.19. The molecule has 0 fully saturated rings. The number of nitrogens with one attached hydrogen (secondary N) is 2. The Balaban J connectivity index is 2.05. The van der Waals surface area contributed by atoms with Gasteiger partial charge in [0.15, 0.2) is 0 Å².